The summed E-state index contributed by atoms with van der Waals surface area (Å²) in [6, 6.07) is 22.5. The van der Waals surface area contributed by atoms with Crippen LogP contribution in [0.5, 0.6) is 5.75 Å². The van der Waals surface area contributed by atoms with Gasteiger partial charge in [0.05, 0.1) is 5.69 Å². The van der Waals surface area contributed by atoms with Gasteiger partial charge in [-0.3, -0.25) is 4.99 Å². The van der Waals surface area contributed by atoms with Gasteiger partial charge < -0.3 is 4.65 Å². The Balaban J connectivity index is 1.93. The number of fused-ring (bicyclic) bond motifs is 1. The number of hydrogen-bond donors (Lipinski definition) is 0. The molecule has 0 saturated carbocycles. The van der Waals surface area contributed by atoms with E-state index in [0.29, 0.717) is 23.5 Å². The van der Waals surface area contributed by atoms with Crippen LogP contribution in [0.15, 0.2) is 65.7 Å². The molecule has 0 saturated heterocycles. The van der Waals surface area contributed by atoms with Crippen LogP contribution in [0.3, 0.4) is 0 Å². The van der Waals surface area contributed by atoms with Gasteiger partial charge in [-0.15, -0.1) is 0 Å². The number of rotatable bonds is 7. The molecule has 4 aromatic carbocycles. The zero-order valence-electron chi connectivity index (χ0n) is 28.5. The summed E-state index contributed by atoms with van der Waals surface area (Å²) < 4.78 is 5.36. The van der Waals surface area contributed by atoms with Crippen LogP contribution < -0.4 is 4.65 Å². The van der Waals surface area contributed by atoms with E-state index in [1.54, 1.807) is 0 Å². The lowest BCUT2D eigenvalue weighted by molar-refractivity contribution is 0.589. The highest BCUT2D eigenvalue weighted by atomic mass is 16.4. The van der Waals surface area contributed by atoms with Gasteiger partial charge in [0.2, 0.25) is 0 Å². The van der Waals surface area contributed by atoms with Gasteiger partial charge in [-0.1, -0.05) is 126 Å². The second-order valence-electron chi connectivity index (χ2n) is 15.1. The third-order valence-electron chi connectivity index (χ3n) is 8.57. The van der Waals surface area contributed by atoms with Crippen molar-refractivity contribution < 1.29 is 4.65 Å². The monoisotopic (exact) mass is 571 g/mol. The van der Waals surface area contributed by atoms with Gasteiger partial charge in [-0.2, -0.15) is 0 Å². The van der Waals surface area contributed by atoms with Crippen LogP contribution in [0.4, 0.5) is 5.69 Å². The average Bonchev–Trinajstić information content (AvgIpc) is 2.93. The van der Waals surface area contributed by atoms with Crippen molar-refractivity contribution in [1.82, 2.24) is 0 Å². The molecule has 0 aromatic heterocycles. The average molecular weight is 572 g/mol. The van der Waals surface area contributed by atoms with Crippen molar-refractivity contribution in [1.29, 1.82) is 0 Å². The van der Waals surface area contributed by atoms with Crippen LogP contribution in [0.2, 0.25) is 0 Å². The van der Waals surface area contributed by atoms with Crippen molar-refractivity contribution in [3.8, 4) is 16.9 Å². The van der Waals surface area contributed by atoms with Crippen LogP contribution in [0.1, 0.15) is 134 Å². The molecule has 2 nitrogen and oxygen atoms in total. The zero-order chi connectivity index (χ0) is 31.9. The van der Waals surface area contributed by atoms with E-state index in [1.165, 1.54) is 44.2 Å². The molecule has 43 heavy (non-hydrogen) atoms. The molecule has 0 bridgehead atoms. The smallest absolute Gasteiger partial charge is 0.374 e. The van der Waals surface area contributed by atoms with Crippen molar-refractivity contribution in [2.75, 3.05) is 0 Å². The minimum absolute atomic E-state index is 0.00786. The van der Waals surface area contributed by atoms with Gasteiger partial charge in [-0.25, -0.2) is 0 Å². The molecule has 0 aliphatic rings. The fourth-order valence-corrected chi connectivity index (χ4v) is 5.63. The number of aliphatic imine (C=N–C) groups is 1. The van der Waals surface area contributed by atoms with Crippen LogP contribution >= 0.6 is 0 Å². The molecular formula is C40H50BNO. The Kier molecular flexibility index (Phi) is 9.36. The molecule has 0 N–H and O–H groups in total. The highest BCUT2D eigenvalue weighted by Gasteiger charge is 2.21. The Morgan fingerprint density at radius 1 is 0.674 bits per heavy atom. The maximum atomic E-state index is 5.79. The zero-order valence-corrected chi connectivity index (χ0v) is 28.5. The molecule has 0 fully saturated rings. The summed E-state index contributed by atoms with van der Waals surface area (Å²) in [5.41, 5.74) is 10.9. The summed E-state index contributed by atoms with van der Waals surface area (Å²) in [6.07, 6.45) is 1.93. The maximum absolute atomic E-state index is 5.79. The lowest BCUT2D eigenvalue weighted by atomic mass is 9.81. The molecule has 3 heteroatoms. The van der Waals surface area contributed by atoms with E-state index in [0.717, 1.165) is 16.8 Å². The van der Waals surface area contributed by atoms with Crippen molar-refractivity contribution in [2.24, 2.45) is 4.99 Å². The first kappa shape index (κ1) is 32.6. The maximum Gasteiger partial charge on any atom is 0.374 e. The molecule has 0 spiro atoms. The van der Waals surface area contributed by atoms with Crippen LogP contribution in [-0.2, 0) is 10.8 Å². The molecule has 0 aliphatic heterocycles. The fourth-order valence-electron chi connectivity index (χ4n) is 5.63. The highest BCUT2D eigenvalue weighted by Crippen LogP contribution is 2.40. The SMILES string of the molecule is [B]Oc1ccc(-c2cc(C(C)(C)C)cc3cc(C(C)(C)C)ccc23)cc1C=Nc1c(C(C)C)cc(C(C)C)cc1C(C)C. The van der Waals surface area contributed by atoms with E-state index < -0.39 is 0 Å². The van der Waals surface area contributed by atoms with Gasteiger partial charge in [0.15, 0.2) is 0 Å². The first-order valence-corrected chi connectivity index (χ1v) is 15.8. The summed E-state index contributed by atoms with van der Waals surface area (Å²) in [5, 5.41) is 2.50. The third kappa shape index (κ3) is 7.09. The van der Waals surface area contributed by atoms with E-state index in [4.69, 9.17) is 17.7 Å². The van der Waals surface area contributed by atoms with Crippen molar-refractivity contribution in [2.45, 2.75) is 112 Å². The Morgan fingerprint density at radius 3 is 1.77 bits per heavy atom. The van der Waals surface area contributed by atoms with Crippen molar-refractivity contribution in [3.05, 3.63) is 94.0 Å². The summed E-state index contributed by atoms with van der Waals surface area (Å²) in [4.78, 5) is 5.16. The lowest BCUT2D eigenvalue weighted by Crippen LogP contribution is -2.12. The van der Waals surface area contributed by atoms with Gasteiger partial charge >= 0.3 is 8.05 Å². The van der Waals surface area contributed by atoms with E-state index >= 15 is 0 Å². The van der Waals surface area contributed by atoms with E-state index in [9.17, 15) is 0 Å². The van der Waals surface area contributed by atoms with Gasteiger partial charge in [0.1, 0.15) is 5.75 Å². The lowest BCUT2D eigenvalue weighted by Gasteiger charge is -2.24. The number of nitrogens with zero attached hydrogens (tertiary/aromatic N) is 1. The Bertz CT molecular complexity index is 1610. The highest BCUT2D eigenvalue weighted by molar-refractivity contribution is 6.02. The quantitative estimate of drug-likeness (QED) is 0.160. The second-order valence-corrected chi connectivity index (χ2v) is 15.1. The summed E-state index contributed by atoms with van der Waals surface area (Å²) in [6.45, 7) is 27.1. The van der Waals surface area contributed by atoms with E-state index in [1.807, 2.05) is 12.3 Å². The molecular weight excluding hydrogens is 521 g/mol. The standard InChI is InChI=1S/C40H50BNO/c1-24(2)28-20-34(25(3)4)38(35(21-28)26(5)6)42-23-30-17-27(13-16-37(30)43-41)36-22-32(40(10,11)12)19-29-18-31(39(7,8)9)14-15-33(29)36/h13-26H,1-12H3. The molecule has 224 valence electrons. The van der Waals surface area contributed by atoms with Gasteiger partial charge in [0.25, 0.3) is 0 Å². The molecule has 4 aromatic rings. The Morgan fingerprint density at radius 2 is 1.26 bits per heavy atom. The summed E-state index contributed by atoms with van der Waals surface area (Å²) in [5.74, 6) is 1.77. The predicted molar refractivity (Wildman–Crippen MR) is 189 cm³/mol. The summed E-state index contributed by atoms with van der Waals surface area (Å²) in [7, 11) is 5.79. The van der Waals surface area contributed by atoms with E-state index in [-0.39, 0.29) is 10.8 Å². The summed E-state index contributed by atoms with van der Waals surface area (Å²) >= 11 is 0. The van der Waals surface area contributed by atoms with Crippen LogP contribution in [0, 0.1) is 0 Å². The third-order valence-corrected chi connectivity index (χ3v) is 8.57. The minimum atomic E-state index is 0.00786. The second kappa shape index (κ2) is 12.3. The van der Waals surface area contributed by atoms with Gasteiger partial charge in [-0.05, 0) is 96.5 Å². The Hall–Kier alpha value is -3.33. The molecule has 0 atom stereocenters. The molecule has 0 amide bonds. The van der Waals surface area contributed by atoms with E-state index in [2.05, 4.69) is 138 Å². The van der Waals surface area contributed by atoms with Crippen molar-refractivity contribution in [3.63, 3.8) is 0 Å². The first-order chi connectivity index (χ1) is 20.0. The molecule has 4 rings (SSSR count). The molecule has 2 radical (unpaired) electrons. The van der Waals surface area contributed by atoms with Crippen LogP contribution in [0.25, 0.3) is 21.9 Å². The van der Waals surface area contributed by atoms with Crippen LogP contribution in [-0.4, -0.2) is 14.3 Å². The number of benzene rings is 4. The molecule has 0 unspecified atom stereocenters. The number of hydrogen-bond acceptors (Lipinski definition) is 2. The van der Waals surface area contributed by atoms with Crippen molar-refractivity contribution >= 4 is 30.7 Å². The first-order valence-electron chi connectivity index (χ1n) is 15.8. The fraction of sp³-hybridized carbons (Fsp3) is 0.425. The minimum Gasteiger partial charge on any atom is -0.567 e. The Labute approximate surface area is 262 Å². The van der Waals surface area contributed by atoms with Gasteiger partial charge in [0, 0.05) is 11.8 Å². The largest absolute Gasteiger partial charge is 0.567 e. The normalized spacial score (nSPS) is 12.8. The molecule has 0 heterocycles. The predicted octanol–water partition coefficient (Wildman–Crippen LogP) is 11.7. The molecule has 0 aliphatic carbocycles. The topological polar surface area (TPSA) is 21.6 Å².